The molecule has 0 aliphatic carbocycles. The highest BCUT2D eigenvalue weighted by Gasteiger charge is 1.91. The third-order valence-corrected chi connectivity index (χ3v) is 3.79. The summed E-state index contributed by atoms with van der Waals surface area (Å²) in [5.41, 5.74) is 0. The molecule has 1 rings (SSSR count). The zero-order chi connectivity index (χ0) is 5.98. The van der Waals surface area contributed by atoms with Gasteiger partial charge in [-0.1, -0.05) is 22.6 Å². The van der Waals surface area contributed by atoms with Crippen molar-refractivity contribution in [3.8, 4) is 0 Å². The quantitative estimate of drug-likeness (QED) is 0.551. The highest BCUT2D eigenvalue weighted by molar-refractivity contribution is 14.1. The van der Waals surface area contributed by atoms with E-state index >= 15 is 0 Å². The van der Waals surface area contributed by atoms with Crippen LogP contribution in [0.1, 0.15) is 4.88 Å². The molecule has 1 heterocycles. The van der Waals surface area contributed by atoms with E-state index in [1.54, 1.807) is 11.3 Å². The van der Waals surface area contributed by atoms with Crippen LogP contribution in [-0.2, 0) is 4.43 Å². The van der Waals surface area contributed by atoms with E-state index in [1.165, 1.54) is 9.35 Å². The van der Waals surface area contributed by atoms with Gasteiger partial charge in [-0.3, -0.25) is 0 Å². The fraction of sp³-hybridized carbons (Fsp3) is 0.200. The van der Waals surface area contributed by atoms with Crippen molar-refractivity contribution < 1.29 is 0 Å². The average molecular weight is 303 g/mol. The Hall–Kier alpha value is 0.910. The normalized spacial score (nSPS) is 9.75. The van der Waals surface area contributed by atoms with E-state index in [0.717, 1.165) is 4.43 Å². The minimum atomic E-state index is 1.12. The number of alkyl halides is 1. The predicted octanol–water partition coefficient (Wildman–Crippen LogP) is 3.45. The first-order valence-corrected chi connectivity index (χ1v) is 5.31. The van der Waals surface area contributed by atoms with Gasteiger partial charge in [0.15, 0.2) is 0 Å². The van der Waals surface area contributed by atoms with Crippen LogP contribution < -0.4 is 0 Å². The molecule has 0 fully saturated rings. The fourth-order valence-electron chi connectivity index (χ4n) is 0.424. The number of rotatable bonds is 1. The summed E-state index contributed by atoms with van der Waals surface area (Å²) >= 11 is 7.53. The molecule has 0 spiro atoms. The third-order valence-electron chi connectivity index (χ3n) is 0.753. The summed E-state index contributed by atoms with van der Waals surface area (Å²) < 4.78 is 2.32. The minimum Gasteiger partial charge on any atom is -0.147 e. The Bertz CT molecular complexity index is 173. The van der Waals surface area contributed by atoms with Gasteiger partial charge < -0.3 is 0 Å². The van der Waals surface area contributed by atoms with E-state index in [9.17, 15) is 0 Å². The summed E-state index contributed by atoms with van der Waals surface area (Å²) in [5, 5.41) is 2.11. The smallest absolute Gasteiger partial charge is 0.0341 e. The van der Waals surface area contributed by atoms with Crippen molar-refractivity contribution in [3.05, 3.63) is 20.8 Å². The first kappa shape index (κ1) is 7.02. The summed E-state index contributed by atoms with van der Waals surface area (Å²) in [4.78, 5) is 1.43. The molecule has 0 saturated carbocycles. The van der Waals surface area contributed by atoms with E-state index in [0.29, 0.717) is 0 Å². The summed E-state index contributed by atoms with van der Waals surface area (Å²) in [6.45, 7) is 0. The maximum absolute atomic E-state index is 3.38. The standard InChI is InChI=1S/C5H4BrIS/c6-4-1-5(2-7)8-3-4/h1,3H,2H2. The van der Waals surface area contributed by atoms with Crippen molar-refractivity contribution in [1.29, 1.82) is 0 Å². The highest BCUT2D eigenvalue weighted by Crippen LogP contribution is 2.21. The third kappa shape index (κ3) is 1.70. The molecule has 3 heteroatoms. The molecule has 44 valence electrons. The molecule has 0 radical (unpaired) electrons. The maximum atomic E-state index is 3.38. The van der Waals surface area contributed by atoms with Crippen LogP contribution >= 0.6 is 49.9 Å². The molecule has 0 N–H and O–H groups in total. The van der Waals surface area contributed by atoms with Crippen molar-refractivity contribution >= 4 is 49.9 Å². The molecule has 1 aromatic rings. The first-order chi connectivity index (χ1) is 3.83. The molecule has 8 heavy (non-hydrogen) atoms. The Labute approximate surface area is 74.6 Å². The van der Waals surface area contributed by atoms with Gasteiger partial charge in [0.05, 0.1) is 0 Å². The van der Waals surface area contributed by atoms with Crippen LogP contribution in [0.4, 0.5) is 0 Å². The van der Waals surface area contributed by atoms with Gasteiger partial charge in [0.25, 0.3) is 0 Å². The molecule has 0 unspecified atom stereocenters. The van der Waals surface area contributed by atoms with Crippen LogP contribution in [-0.4, -0.2) is 0 Å². The Morgan fingerprint density at radius 2 is 2.50 bits per heavy atom. The monoisotopic (exact) mass is 302 g/mol. The topological polar surface area (TPSA) is 0 Å². The molecule has 0 nitrogen and oxygen atoms in total. The van der Waals surface area contributed by atoms with E-state index < -0.39 is 0 Å². The lowest BCUT2D eigenvalue weighted by molar-refractivity contribution is 1.60. The fourth-order valence-corrected chi connectivity index (χ4v) is 2.48. The molecule has 0 amide bonds. The molecule has 1 aromatic heterocycles. The first-order valence-electron chi connectivity index (χ1n) is 2.12. The van der Waals surface area contributed by atoms with Gasteiger partial charge in [-0.15, -0.1) is 11.3 Å². The zero-order valence-corrected chi connectivity index (χ0v) is 8.59. The number of thiophene rings is 1. The Kier molecular flexibility index (Phi) is 2.79. The van der Waals surface area contributed by atoms with Gasteiger partial charge in [-0.05, 0) is 22.0 Å². The second kappa shape index (κ2) is 3.17. The number of halogens is 2. The summed E-state index contributed by atoms with van der Waals surface area (Å²) in [7, 11) is 0. The van der Waals surface area contributed by atoms with E-state index in [-0.39, 0.29) is 0 Å². The summed E-state index contributed by atoms with van der Waals surface area (Å²) in [5.74, 6) is 0. The van der Waals surface area contributed by atoms with Crippen LogP contribution in [0.2, 0.25) is 0 Å². The number of hydrogen-bond acceptors (Lipinski definition) is 1. The molecular formula is C5H4BrIS. The van der Waals surface area contributed by atoms with E-state index in [1.807, 2.05) is 0 Å². The number of hydrogen-bond donors (Lipinski definition) is 0. The summed E-state index contributed by atoms with van der Waals surface area (Å²) in [6.07, 6.45) is 0. The van der Waals surface area contributed by atoms with Crippen LogP contribution in [0.15, 0.2) is 15.9 Å². The van der Waals surface area contributed by atoms with E-state index in [2.05, 4.69) is 50.0 Å². The lowest BCUT2D eigenvalue weighted by Gasteiger charge is -1.77. The Balaban J connectivity index is 2.84. The molecule has 0 atom stereocenters. The van der Waals surface area contributed by atoms with Crippen LogP contribution in [0, 0.1) is 0 Å². The predicted molar refractivity (Wildman–Crippen MR) is 49.7 cm³/mol. The van der Waals surface area contributed by atoms with Gasteiger partial charge in [-0.2, -0.15) is 0 Å². The van der Waals surface area contributed by atoms with Crippen molar-refractivity contribution in [2.45, 2.75) is 4.43 Å². The van der Waals surface area contributed by atoms with Gasteiger partial charge in [0.1, 0.15) is 0 Å². The minimum absolute atomic E-state index is 1.12. The van der Waals surface area contributed by atoms with Crippen LogP contribution in [0.25, 0.3) is 0 Å². The molecule has 0 bridgehead atoms. The molecule has 0 aliphatic heterocycles. The second-order valence-electron chi connectivity index (χ2n) is 1.36. The maximum Gasteiger partial charge on any atom is 0.0341 e. The molecule has 0 saturated heterocycles. The van der Waals surface area contributed by atoms with E-state index in [4.69, 9.17) is 0 Å². The molecule has 0 aromatic carbocycles. The van der Waals surface area contributed by atoms with Crippen molar-refractivity contribution in [1.82, 2.24) is 0 Å². The lowest BCUT2D eigenvalue weighted by atomic mass is 10.5. The van der Waals surface area contributed by atoms with Gasteiger partial charge in [-0.25, -0.2) is 0 Å². The largest absolute Gasteiger partial charge is 0.147 e. The van der Waals surface area contributed by atoms with Gasteiger partial charge in [0, 0.05) is 19.2 Å². The van der Waals surface area contributed by atoms with Crippen LogP contribution in [0.3, 0.4) is 0 Å². The molecule has 0 aliphatic rings. The highest BCUT2D eigenvalue weighted by atomic mass is 127. The van der Waals surface area contributed by atoms with Crippen LogP contribution in [0.5, 0.6) is 0 Å². The zero-order valence-electron chi connectivity index (χ0n) is 4.03. The SMILES string of the molecule is Brc1csc(CI)c1. The van der Waals surface area contributed by atoms with Crippen molar-refractivity contribution in [2.75, 3.05) is 0 Å². The Morgan fingerprint density at radius 1 is 1.75 bits per heavy atom. The summed E-state index contributed by atoms with van der Waals surface area (Å²) in [6, 6.07) is 2.15. The second-order valence-corrected chi connectivity index (χ2v) is 4.04. The van der Waals surface area contributed by atoms with Crippen molar-refractivity contribution in [2.24, 2.45) is 0 Å². The van der Waals surface area contributed by atoms with Gasteiger partial charge >= 0.3 is 0 Å². The lowest BCUT2D eigenvalue weighted by Crippen LogP contribution is -1.58. The van der Waals surface area contributed by atoms with Gasteiger partial charge in [0.2, 0.25) is 0 Å². The average Bonchev–Trinajstić information content (AvgIpc) is 2.14. The Morgan fingerprint density at radius 3 is 2.75 bits per heavy atom. The van der Waals surface area contributed by atoms with Crippen molar-refractivity contribution in [3.63, 3.8) is 0 Å². The molecular weight excluding hydrogens is 299 g/mol.